The smallest absolute Gasteiger partial charge is 0.410 e. The van der Waals surface area contributed by atoms with Gasteiger partial charge in [0.2, 0.25) is 5.95 Å². The SMILES string of the molecule is C[C@@H](Nc1nc(C(=N)NC(=O)O)nc2nc(N3CCCCC3C3CCCCC3)n(C[C@H]3CC[C@H](C)CC3)c12)C1CCC1. The summed E-state index contributed by atoms with van der Waals surface area (Å²) in [5.74, 6) is 4.09. The zero-order valence-electron chi connectivity index (χ0n) is 25.6. The molecule has 230 valence electrons. The molecule has 3 heterocycles. The van der Waals surface area contributed by atoms with E-state index in [0.29, 0.717) is 35.3 Å². The summed E-state index contributed by atoms with van der Waals surface area (Å²) >= 11 is 0. The molecule has 0 spiro atoms. The largest absolute Gasteiger partial charge is 0.465 e. The van der Waals surface area contributed by atoms with E-state index >= 15 is 0 Å². The van der Waals surface area contributed by atoms with Gasteiger partial charge in [0, 0.05) is 25.2 Å². The first kappa shape index (κ1) is 29.2. The molecule has 3 aliphatic carbocycles. The van der Waals surface area contributed by atoms with Crippen molar-refractivity contribution in [3.8, 4) is 0 Å². The number of imidazole rings is 1. The molecule has 2 atom stereocenters. The summed E-state index contributed by atoms with van der Waals surface area (Å²) in [6.07, 6.45) is 17.6. The summed E-state index contributed by atoms with van der Waals surface area (Å²) in [7, 11) is 0. The first-order chi connectivity index (χ1) is 20.4. The number of hydrogen-bond acceptors (Lipinski definition) is 7. The number of amidine groups is 1. The van der Waals surface area contributed by atoms with Crippen molar-refractivity contribution in [3.05, 3.63) is 5.82 Å². The highest BCUT2D eigenvalue weighted by atomic mass is 16.4. The van der Waals surface area contributed by atoms with Gasteiger partial charge >= 0.3 is 6.09 Å². The maximum absolute atomic E-state index is 11.4. The molecule has 1 saturated heterocycles. The van der Waals surface area contributed by atoms with E-state index in [-0.39, 0.29) is 17.7 Å². The minimum Gasteiger partial charge on any atom is -0.465 e. The van der Waals surface area contributed by atoms with Crippen molar-refractivity contribution in [1.29, 1.82) is 5.41 Å². The third kappa shape index (κ3) is 6.23. The van der Waals surface area contributed by atoms with E-state index < -0.39 is 6.09 Å². The quantitative estimate of drug-likeness (QED) is 0.200. The van der Waals surface area contributed by atoms with Crippen LogP contribution in [-0.2, 0) is 6.54 Å². The first-order valence-electron chi connectivity index (χ1n) is 16.8. The fraction of sp³-hybridized carbons (Fsp3) is 0.781. The van der Waals surface area contributed by atoms with Crippen LogP contribution in [0.5, 0.6) is 0 Å². The summed E-state index contributed by atoms with van der Waals surface area (Å²) < 4.78 is 2.42. The van der Waals surface area contributed by atoms with Crippen LogP contribution < -0.4 is 15.5 Å². The molecule has 4 fully saturated rings. The van der Waals surface area contributed by atoms with Gasteiger partial charge in [-0.3, -0.25) is 10.7 Å². The Morgan fingerprint density at radius 2 is 1.69 bits per heavy atom. The normalized spacial score (nSPS) is 26.5. The highest BCUT2D eigenvalue weighted by Gasteiger charge is 2.35. The van der Waals surface area contributed by atoms with Crippen LogP contribution in [0, 0.1) is 29.1 Å². The topological polar surface area (TPSA) is 132 Å². The van der Waals surface area contributed by atoms with Gasteiger partial charge in [0.25, 0.3) is 0 Å². The molecule has 0 radical (unpaired) electrons. The zero-order valence-corrected chi connectivity index (χ0v) is 25.6. The first-order valence-corrected chi connectivity index (χ1v) is 16.8. The molecule has 3 saturated carbocycles. The van der Waals surface area contributed by atoms with Crippen LogP contribution in [0.2, 0.25) is 0 Å². The fourth-order valence-electron chi connectivity index (χ4n) is 8.05. The molecule has 1 aliphatic heterocycles. The molecule has 2 aromatic heterocycles. The molecule has 6 rings (SSSR count). The number of rotatable bonds is 8. The molecular formula is C32H50N8O2. The Hall–Kier alpha value is -2.91. The van der Waals surface area contributed by atoms with Crippen LogP contribution in [0.3, 0.4) is 0 Å². The lowest BCUT2D eigenvalue weighted by molar-refractivity contribution is 0.200. The van der Waals surface area contributed by atoms with Crippen LogP contribution in [0.15, 0.2) is 0 Å². The van der Waals surface area contributed by atoms with Crippen molar-refractivity contribution in [2.45, 2.75) is 129 Å². The lowest BCUT2D eigenvalue weighted by atomic mass is 9.80. The van der Waals surface area contributed by atoms with Gasteiger partial charge in [0.1, 0.15) is 5.52 Å². The number of fused-ring (bicyclic) bond motifs is 1. The Kier molecular flexibility index (Phi) is 8.86. The average molecular weight is 579 g/mol. The second kappa shape index (κ2) is 12.8. The monoisotopic (exact) mass is 578 g/mol. The molecule has 42 heavy (non-hydrogen) atoms. The highest BCUT2D eigenvalue weighted by molar-refractivity contribution is 6.03. The van der Waals surface area contributed by atoms with Crippen LogP contribution in [0.4, 0.5) is 16.6 Å². The van der Waals surface area contributed by atoms with E-state index in [1.807, 2.05) is 0 Å². The predicted molar refractivity (Wildman–Crippen MR) is 166 cm³/mol. The maximum Gasteiger partial charge on any atom is 0.410 e. The van der Waals surface area contributed by atoms with E-state index in [9.17, 15) is 9.90 Å². The minimum absolute atomic E-state index is 0.0679. The van der Waals surface area contributed by atoms with E-state index in [2.05, 4.69) is 33.9 Å². The number of anilines is 2. The zero-order chi connectivity index (χ0) is 29.2. The van der Waals surface area contributed by atoms with Gasteiger partial charge in [-0.05, 0) is 88.4 Å². The fourth-order valence-corrected chi connectivity index (χ4v) is 8.05. The summed E-state index contributed by atoms with van der Waals surface area (Å²) in [5.41, 5.74) is 1.47. The Bertz CT molecular complexity index is 1260. The van der Waals surface area contributed by atoms with Crippen molar-refractivity contribution >= 4 is 34.9 Å². The molecule has 1 unspecified atom stereocenters. The van der Waals surface area contributed by atoms with E-state index in [1.165, 1.54) is 96.3 Å². The Labute approximate surface area is 250 Å². The van der Waals surface area contributed by atoms with Gasteiger partial charge < -0.3 is 19.9 Å². The van der Waals surface area contributed by atoms with Gasteiger partial charge in [-0.25, -0.2) is 14.8 Å². The molecule has 0 bridgehead atoms. The van der Waals surface area contributed by atoms with Crippen LogP contribution in [-0.4, -0.2) is 55.2 Å². The maximum atomic E-state index is 11.4. The van der Waals surface area contributed by atoms with Gasteiger partial charge in [-0.2, -0.15) is 4.98 Å². The summed E-state index contributed by atoms with van der Waals surface area (Å²) in [6, 6.07) is 0.712. The molecule has 4 aliphatic rings. The van der Waals surface area contributed by atoms with Crippen molar-refractivity contribution in [3.63, 3.8) is 0 Å². The Balaban J connectivity index is 1.45. The van der Waals surface area contributed by atoms with E-state index in [0.717, 1.165) is 30.5 Å². The van der Waals surface area contributed by atoms with Gasteiger partial charge in [-0.15, -0.1) is 0 Å². The molecule has 10 nitrogen and oxygen atoms in total. The number of piperidine rings is 1. The molecule has 10 heteroatoms. The second-order valence-electron chi connectivity index (χ2n) is 13.8. The number of hydrogen-bond donors (Lipinski definition) is 4. The number of nitrogens with one attached hydrogen (secondary N) is 3. The number of carbonyl (C=O) groups is 1. The van der Waals surface area contributed by atoms with E-state index in [1.54, 1.807) is 0 Å². The van der Waals surface area contributed by atoms with Gasteiger partial charge in [0.05, 0.1) is 0 Å². The van der Waals surface area contributed by atoms with Crippen molar-refractivity contribution in [2.24, 2.45) is 23.7 Å². The summed E-state index contributed by atoms with van der Waals surface area (Å²) in [6.45, 7) is 6.48. The van der Waals surface area contributed by atoms with Crippen molar-refractivity contribution in [2.75, 3.05) is 16.8 Å². The number of carboxylic acid groups (broad SMARTS) is 1. The third-order valence-corrected chi connectivity index (χ3v) is 10.8. The van der Waals surface area contributed by atoms with Crippen LogP contribution in [0.1, 0.15) is 116 Å². The standard InChI is InChI=1S/C32H50N8O2/c1-20-14-16-22(17-15-20)19-40-26-28(34-21(2)23-11-8-12-23)36-30(27(33)35-32(41)42)37-29(26)38-31(40)39-18-7-6-13-25(39)24-9-4-3-5-10-24/h20-25H,3-19H2,1-2H3,(H2,33,35)(H,41,42)(H,34,36,37)/t20-,21-,22-,25?/m1/s1. The molecule has 2 aromatic rings. The minimum atomic E-state index is -1.29. The molecule has 4 N–H and O–H groups in total. The molecular weight excluding hydrogens is 528 g/mol. The van der Waals surface area contributed by atoms with Gasteiger partial charge in [0.15, 0.2) is 23.1 Å². The third-order valence-electron chi connectivity index (χ3n) is 10.8. The molecule has 1 amide bonds. The summed E-state index contributed by atoms with van der Waals surface area (Å²) in [5, 5.41) is 23.6. The van der Waals surface area contributed by atoms with E-state index in [4.69, 9.17) is 20.4 Å². The predicted octanol–water partition coefficient (Wildman–Crippen LogP) is 6.79. The number of amides is 1. The van der Waals surface area contributed by atoms with Gasteiger partial charge in [-0.1, -0.05) is 45.4 Å². The summed E-state index contributed by atoms with van der Waals surface area (Å²) in [4.78, 5) is 28.8. The lowest BCUT2D eigenvalue weighted by Crippen LogP contribution is -2.46. The highest BCUT2D eigenvalue weighted by Crippen LogP contribution is 2.40. The molecule has 0 aromatic carbocycles. The Morgan fingerprint density at radius 3 is 2.38 bits per heavy atom. The second-order valence-corrected chi connectivity index (χ2v) is 13.8. The van der Waals surface area contributed by atoms with Crippen LogP contribution in [0.25, 0.3) is 11.2 Å². The van der Waals surface area contributed by atoms with Crippen molar-refractivity contribution in [1.82, 2.24) is 24.8 Å². The Morgan fingerprint density at radius 1 is 0.952 bits per heavy atom. The number of nitrogens with zero attached hydrogens (tertiary/aromatic N) is 5. The lowest BCUT2D eigenvalue weighted by Gasteiger charge is -2.43. The average Bonchev–Trinajstić information content (AvgIpc) is 3.31. The van der Waals surface area contributed by atoms with Crippen LogP contribution >= 0.6 is 0 Å². The number of aromatic nitrogens is 4. The van der Waals surface area contributed by atoms with Crippen molar-refractivity contribution < 1.29 is 9.90 Å².